The van der Waals surface area contributed by atoms with Gasteiger partial charge in [0.15, 0.2) is 0 Å². The molecule has 0 bridgehead atoms. The van der Waals surface area contributed by atoms with Crippen molar-refractivity contribution < 1.29 is 4.79 Å². The molecule has 2 fully saturated rings. The van der Waals surface area contributed by atoms with Crippen LogP contribution in [0.3, 0.4) is 0 Å². The first-order valence-electron chi connectivity index (χ1n) is 11.4. The van der Waals surface area contributed by atoms with Crippen molar-refractivity contribution in [2.75, 3.05) is 50.7 Å². The Morgan fingerprint density at radius 3 is 2.37 bits per heavy atom. The van der Waals surface area contributed by atoms with Crippen LogP contribution in [0.1, 0.15) is 30.4 Å². The normalized spacial score (nSPS) is 18.6. The number of piperazine rings is 1. The summed E-state index contributed by atoms with van der Waals surface area (Å²) in [6.45, 7) is 8.14. The Balaban J connectivity index is 1.15. The lowest BCUT2D eigenvalue weighted by molar-refractivity contribution is -0.133. The molecule has 0 radical (unpaired) electrons. The first-order chi connectivity index (χ1) is 14.7. The number of aromatic nitrogens is 1. The van der Waals surface area contributed by atoms with E-state index in [0.717, 1.165) is 51.0 Å². The summed E-state index contributed by atoms with van der Waals surface area (Å²) in [4.78, 5) is 23.9. The van der Waals surface area contributed by atoms with Crippen LogP contribution in [0.5, 0.6) is 0 Å². The van der Waals surface area contributed by atoms with E-state index in [9.17, 15) is 4.79 Å². The van der Waals surface area contributed by atoms with Crippen LogP contribution in [0, 0.1) is 12.8 Å². The molecule has 30 heavy (non-hydrogen) atoms. The number of amides is 1. The molecule has 2 aromatic rings. The van der Waals surface area contributed by atoms with E-state index in [4.69, 9.17) is 0 Å². The maximum absolute atomic E-state index is 12.8. The number of benzene rings is 1. The summed E-state index contributed by atoms with van der Waals surface area (Å²) in [7, 11) is 0. The van der Waals surface area contributed by atoms with Crippen molar-refractivity contribution in [3.05, 3.63) is 59.8 Å². The summed E-state index contributed by atoms with van der Waals surface area (Å²) >= 11 is 0. The SMILES string of the molecule is Cc1ccc(CCC2CCN(CC(=O)N3CCN(c4ccccn4)CC3)CC2)cc1. The van der Waals surface area contributed by atoms with Crippen LogP contribution in [-0.4, -0.2) is 66.5 Å². The molecule has 3 heterocycles. The molecule has 2 aliphatic rings. The second-order valence-electron chi connectivity index (χ2n) is 8.80. The molecule has 2 aliphatic heterocycles. The van der Waals surface area contributed by atoms with E-state index in [-0.39, 0.29) is 5.91 Å². The van der Waals surface area contributed by atoms with Crippen molar-refractivity contribution in [2.45, 2.75) is 32.6 Å². The van der Waals surface area contributed by atoms with Gasteiger partial charge in [0.2, 0.25) is 5.91 Å². The highest BCUT2D eigenvalue weighted by molar-refractivity contribution is 5.78. The minimum absolute atomic E-state index is 0.286. The summed E-state index contributed by atoms with van der Waals surface area (Å²) in [5.41, 5.74) is 2.78. The summed E-state index contributed by atoms with van der Waals surface area (Å²) in [6, 6.07) is 14.9. The number of rotatable bonds is 6. The number of hydrogen-bond acceptors (Lipinski definition) is 4. The molecule has 0 unspecified atom stereocenters. The van der Waals surface area contributed by atoms with Crippen LogP contribution < -0.4 is 4.90 Å². The van der Waals surface area contributed by atoms with Gasteiger partial charge in [-0.05, 0) is 69.3 Å². The van der Waals surface area contributed by atoms with Gasteiger partial charge in [-0.2, -0.15) is 0 Å². The van der Waals surface area contributed by atoms with Crippen LogP contribution in [0.25, 0.3) is 0 Å². The van der Waals surface area contributed by atoms with E-state index in [2.05, 4.69) is 46.0 Å². The Labute approximate surface area is 180 Å². The minimum Gasteiger partial charge on any atom is -0.353 e. The Bertz CT molecular complexity index is 792. The number of piperidine rings is 1. The van der Waals surface area contributed by atoms with E-state index in [1.54, 1.807) is 0 Å². The molecule has 5 nitrogen and oxygen atoms in total. The average molecular weight is 407 g/mol. The van der Waals surface area contributed by atoms with Gasteiger partial charge in [0, 0.05) is 32.4 Å². The fourth-order valence-electron chi connectivity index (χ4n) is 4.58. The van der Waals surface area contributed by atoms with Gasteiger partial charge >= 0.3 is 0 Å². The molecule has 0 atom stereocenters. The first kappa shape index (κ1) is 20.9. The van der Waals surface area contributed by atoms with Gasteiger partial charge in [0.25, 0.3) is 0 Å². The molecule has 0 saturated carbocycles. The standard InChI is InChI=1S/C25H34N4O/c1-21-5-7-22(8-6-21)9-10-23-11-14-27(15-12-23)20-25(30)29-18-16-28(17-19-29)24-4-2-3-13-26-24/h2-8,13,23H,9-12,14-20H2,1H3. The van der Waals surface area contributed by atoms with Crippen molar-refractivity contribution in [2.24, 2.45) is 5.92 Å². The number of likely N-dealkylation sites (tertiary alicyclic amines) is 1. The molecule has 0 spiro atoms. The van der Waals surface area contributed by atoms with Crippen molar-refractivity contribution >= 4 is 11.7 Å². The highest BCUT2D eigenvalue weighted by atomic mass is 16.2. The number of pyridine rings is 1. The van der Waals surface area contributed by atoms with Gasteiger partial charge in [0.1, 0.15) is 5.82 Å². The molecule has 4 rings (SSSR count). The lowest BCUT2D eigenvalue weighted by atomic mass is 9.90. The molecule has 0 N–H and O–H groups in total. The zero-order valence-corrected chi connectivity index (χ0v) is 18.2. The maximum atomic E-state index is 12.8. The summed E-state index contributed by atoms with van der Waals surface area (Å²) in [5.74, 6) is 2.09. The van der Waals surface area contributed by atoms with Gasteiger partial charge in [-0.25, -0.2) is 4.98 Å². The fraction of sp³-hybridized carbons (Fsp3) is 0.520. The van der Waals surface area contributed by atoms with Gasteiger partial charge in [-0.3, -0.25) is 9.69 Å². The number of carbonyl (C=O) groups is 1. The molecule has 1 amide bonds. The van der Waals surface area contributed by atoms with Gasteiger partial charge < -0.3 is 9.80 Å². The van der Waals surface area contributed by atoms with Gasteiger partial charge in [-0.1, -0.05) is 35.9 Å². The highest BCUT2D eigenvalue weighted by Gasteiger charge is 2.25. The lowest BCUT2D eigenvalue weighted by Crippen LogP contribution is -2.52. The molecular weight excluding hydrogens is 372 g/mol. The van der Waals surface area contributed by atoms with E-state index in [1.807, 2.05) is 29.3 Å². The zero-order valence-electron chi connectivity index (χ0n) is 18.2. The number of anilines is 1. The second kappa shape index (κ2) is 10.1. The van der Waals surface area contributed by atoms with Crippen molar-refractivity contribution in [3.8, 4) is 0 Å². The molecule has 5 heteroatoms. The molecule has 160 valence electrons. The molecular formula is C25H34N4O. The second-order valence-corrected chi connectivity index (χ2v) is 8.80. The first-order valence-corrected chi connectivity index (χ1v) is 11.4. The van der Waals surface area contributed by atoms with E-state index < -0.39 is 0 Å². The minimum atomic E-state index is 0.286. The predicted octanol–water partition coefficient (Wildman–Crippen LogP) is 3.38. The smallest absolute Gasteiger partial charge is 0.236 e. The lowest BCUT2D eigenvalue weighted by Gasteiger charge is -2.37. The van der Waals surface area contributed by atoms with Crippen molar-refractivity contribution in [1.82, 2.24) is 14.8 Å². The summed E-state index contributed by atoms with van der Waals surface area (Å²) < 4.78 is 0. The highest BCUT2D eigenvalue weighted by Crippen LogP contribution is 2.23. The Morgan fingerprint density at radius 1 is 0.967 bits per heavy atom. The van der Waals surface area contributed by atoms with Crippen molar-refractivity contribution in [1.29, 1.82) is 0 Å². The summed E-state index contributed by atoms with van der Waals surface area (Å²) in [5, 5.41) is 0. The Kier molecular flexibility index (Phi) is 7.00. The largest absolute Gasteiger partial charge is 0.353 e. The molecule has 1 aromatic carbocycles. The fourth-order valence-corrected chi connectivity index (χ4v) is 4.58. The van der Waals surface area contributed by atoms with E-state index in [1.165, 1.54) is 36.8 Å². The quantitative estimate of drug-likeness (QED) is 0.737. The number of hydrogen-bond donors (Lipinski definition) is 0. The predicted molar refractivity (Wildman–Crippen MR) is 122 cm³/mol. The monoisotopic (exact) mass is 406 g/mol. The molecule has 1 aromatic heterocycles. The van der Waals surface area contributed by atoms with E-state index >= 15 is 0 Å². The Morgan fingerprint density at radius 2 is 1.70 bits per heavy atom. The molecule has 0 aliphatic carbocycles. The van der Waals surface area contributed by atoms with Crippen LogP contribution in [0.15, 0.2) is 48.7 Å². The third kappa shape index (κ3) is 5.60. The third-order valence-electron chi connectivity index (χ3n) is 6.63. The van der Waals surface area contributed by atoms with Crippen LogP contribution in [0.4, 0.5) is 5.82 Å². The van der Waals surface area contributed by atoms with Crippen LogP contribution in [-0.2, 0) is 11.2 Å². The topological polar surface area (TPSA) is 39.7 Å². The third-order valence-corrected chi connectivity index (χ3v) is 6.63. The summed E-state index contributed by atoms with van der Waals surface area (Å²) in [6.07, 6.45) is 6.70. The van der Waals surface area contributed by atoms with Gasteiger partial charge in [-0.15, -0.1) is 0 Å². The average Bonchev–Trinajstić information content (AvgIpc) is 2.80. The maximum Gasteiger partial charge on any atom is 0.236 e. The zero-order chi connectivity index (χ0) is 20.8. The van der Waals surface area contributed by atoms with E-state index in [0.29, 0.717) is 6.54 Å². The number of nitrogens with zero attached hydrogens (tertiary/aromatic N) is 4. The van der Waals surface area contributed by atoms with Crippen LogP contribution in [0.2, 0.25) is 0 Å². The number of aryl methyl sites for hydroxylation is 2. The van der Waals surface area contributed by atoms with Crippen molar-refractivity contribution in [3.63, 3.8) is 0 Å². The van der Waals surface area contributed by atoms with Crippen LogP contribution >= 0.6 is 0 Å². The number of carbonyl (C=O) groups excluding carboxylic acids is 1. The Hall–Kier alpha value is -2.40. The van der Waals surface area contributed by atoms with Gasteiger partial charge in [0.05, 0.1) is 6.54 Å². The molecule has 2 saturated heterocycles.